The molecule has 0 aromatic rings. The zero-order valence-corrected chi connectivity index (χ0v) is 9.67. The summed E-state index contributed by atoms with van der Waals surface area (Å²) in [5, 5.41) is 14.8. The van der Waals surface area contributed by atoms with Crippen molar-refractivity contribution in [2.75, 3.05) is 6.54 Å². The number of piperidine rings is 1. The van der Waals surface area contributed by atoms with Crippen molar-refractivity contribution in [3.8, 4) is 0 Å². The molecule has 2 bridgehead atoms. The Morgan fingerprint density at radius 2 is 2.12 bits per heavy atom. The minimum Gasteiger partial charge on any atom is -0.385 e. The molecule has 2 atom stereocenters. The van der Waals surface area contributed by atoms with Crippen LogP contribution in [0.3, 0.4) is 0 Å². The van der Waals surface area contributed by atoms with E-state index in [9.17, 15) is 18.4 Å². The van der Waals surface area contributed by atoms with Crippen molar-refractivity contribution in [2.24, 2.45) is 15.3 Å². The summed E-state index contributed by atoms with van der Waals surface area (Å²) in [5.74, 6) is -0.227. The number of fused-ring (bicyclic) bond motifs is 2. The maximum Gasteiger partial charge on any atom is 0.344 e. The molecule has 2 amide bonds. The molecule has 96 valence electrons. The van der Waals surface area contributed by atoms with Gasteiger partial charge in [0.25, 0.3) is 0 Å². The summed E-state index contributed by atoms with van der Waals surface area (Å²) in [6.07, 6.45) is 0.975. The maximum absolute atomic E-state index is 11.6. The highest BCUT2D eigenvalue weighted by molar-refractivity contribution is 7.88. The molecule has 10 heteroatoms. The molecule has 0 spiro atoms. The van der Waals surface area contributed by atoms with E-state index in [1.165, 1.54) is 4.90 Å². The molecule has 2 fully saturated rings. The standard InChI is InChI=1S/C7H13N5O4S/c8-6(10-17(9,15)16)5-2-1-4-3-11(5)7(13)12(4)14/h4-5,14H,1-3H2,(H2,8,10)(H2,9,15,16)/t4-,5+/m1/s1. The van der Waals surface area contributed by atoms with Crippen LogP contribution >= 0.6 is 0 Å². The second-order valence-electron chi connectivity index (χ2n) is 4.06. The van der Waals surface area contributed by atoms with Crippen LogP contribution in [0.15, 0.2) is 4.40 Å². The van der Waals surface area contributed by atoms with Crippen LogP contribution in [0.25, 0.3) is 0 Å². The molecule has 2 aliphatic heterocycles. The summed E-state index contributed by atoms with van der Waals surface area (Å²) < 4.78 is 24.7. The number of hydrogen-bond donors (Lipinski definition) is 3. The number of amides is 2. The zero-order valence-electron chi connectivity index (χ0n) is 8.85. The number of carbonyl (C=O) groups is 1. The third-order valence-electron chi connectivity index (χ3n) is 2.92. The van der Waals surface area contributed by atoms with Gasteiger partial charge < -0.3 is 10.6 Å². The monoisotopic (exact) mass is 263 g/mol. The lowest BCUT2D eigenvalue weighted by molar-refractivity contribution is -0.0583. The molecule has 5 N–H and O–H groups in total. The van der Waals surface area contributed by atoms with E-state index in [1.54, 1.807) is 0 Å². The topological polar surface area (TPSA) is 142 Å². The van der Waals surface area contributed by atoms with Gasteiger partial charge in [-0.25, -0.2) is 15.0 Å². The first-order valence-corrected chi connectivity index (χ1v) is 6.46. The van der Waals surface area contributed by atoms with Gasteiger partial charge in [-0.3, -0.25) is 5.21 Å². The molecular weight excluding hydrogens is 250 g/mol. The first kappa shape index (κ1) is 12.1. The lowest BCUT2D eigenvalue weighted by atomic mass is 10.0. The van der Waals surface area contributed by atoms with Crippen LogP contribution in [0.2, 0.25) is 0 Å². The van der Waals surface area contributed by atoms with Crippen LogP contribution in [0.1, 0.15) is 12.8 Å². The largest absolute Gasteiger partial charge is 0.385 e. The van der Waals surface area contributed by atoms with Crippen molar-refractivity contribution in [3.05, 3.63) is 0 Å². The van der Waals surface area contributed by atoms with Gasteiger partial charge in [-0.05, 0) is 12.8 Å². The predicted molar refractivity (Wildman–Crippen MR) is 57.3 cm³/mol. The Hall–Kier alpha value is -1.39. The molecule has 0 aliphatic carbocycles. The van der Waals surface area contributed by atoms with Crippen molar-refractivity contribution in [3.63, 3.8) is 0 Å². The minimum absolute atomic E-state index is 0.227. The van der Waals surface area contributed by atoms with Crippen molar-refractivity contribution in [2.45, 2.75) is 24.9 Å². The molecular formula is C7H13N5O4S. The fourth-order valence-electron chi connectivity index (χ4n) is 2.17. The second kappa shape index (κ2) is 3.82. The second-order valence-corrected chi connectivity index (χ2v) is 5.27. The van der Waals surface area contributed by atoms with Gasteiger partial charge in [0.2, 0.25) is 0 Å². The number of rotatable bonds is 2. The van der Waals surface area contributed by atoms with Crippen LogP contribution in [0.5, 0.6) is 0 Å². The summed E-state index contributed by atoms with van der Waals surface area (Å²) >= 11 is 0. The normalized spacial score (nSPS) is 30.0. The van der Waals surface area contributed by atoms with E-state index in [4.69, 9.17) is 10.9 Å². The Bertz CT molecular complexity index is 475. The van der Waals surface area contributed by atoms with E-state index in [0.717, 1.165) is 0 Å². The minimum atomic E-state index is -4.07. The van der Waals surface area contributed by atoms with Crippen LogP contribution < -0.4 is 10.9 Å². The summed E-state index contributed by atoms with van der Waals surface area (Å²) in [7, 11) is -4.07. The van der Waals surface area contributed by atoms with Gasteiger partial charge >= 0.3 is 16.2 Å². The predicted octanol–water partition coefficient (Wildman–Crippen LogP) is -1.80. The Balaban J connectivity index is 2.25. The highest BCUT2D eigenvalue weighted by Crippen LogP contribution is 2.28. The first-order chi connectivity index (χ1) is 7.79. The molecule has 2 saturated heterocycles. The number of nitrogens with zero attached hydrogens (tertiary/aromatic N) is 3. The third kappa shape index (κ3) is 2.18. The average molecular weight is 263 g/mol. The van der Waals surface area contributed by atoms with E-state index in [1.807, 2.05) is 0 Å². The van der Waals surface area contributed by atoms with Gasteiger partial charge in [0, 0.05) is 6.54 Å². The molecule has 0 unspecified atom stereocenters. The van der Waals surface area contributed by atoms with Gasteiger partial charge in [-0.2, -0.15) is 8.42 Å². The third-order valence-corrected chi connectivity index (χ3v) is 3.38. The number of nitrogens with two attached hydrogens (primary N) is 2. The molecule has 2 heterocycles. The molecule has 2 aliphatic rings. The first-order valence-electron chi connectivity index (χ1n) is 4.96. The van der Waals surface area contributed by atoms with E-state index in [-0.39, 0.29) is 11.9 Å². The molecule has 17 heavy (non-hydrogen) atoms. The molecule has 2 rings (SSSR count). The van der Waals surface area contributed by atoms with E-state index >= 15 is 0 Å². The number of urea groups is 1. The van der Waals surface area contributed by atoms with Gasteiger partial charge in [-0.15, -0.1) is 4.40 Å². The zero-order chi connectivity index (χ0) is 12.8. The summed E-state index contributed by atoms with van der Waals surface area (Å²) in [4.78, 5) is 12.9. The van der Waals surface area contributed by atoms with E-state index in [0.29, 0.717) is 24.4 Å². The lowest BCUT2D eigenvalue weighted by Gasteiger charge is -2.29. The van der Waals surface area contributed by atoms with Gasteiger partial charge in [0.15, 0.2) is 0 Å². The Kier molecular flexibility index (Phi) is 2.72. The SMILES string of the molecule is NC(=NS(N)(=O)=O)[C@@H]1CC[C@@H]2CN1C(=O)N2O. The maximum atomic E-state index is 11.6. The van der Waals surface area contributed by atoms with E-state index < -0.39 is 22.3 Å². The van der Waals surface area contributed by atoms with Crippen LogP contribution in [0.4, 0.5) is 4.79 Å². The van der Waals surface area contributed by atoms with Gasteiger partial charge in [-0.1, -0.05) is 0 Å². The van der Waals surface area contributed by atoms with Gasteiger partial charge in [0.1, 0.15) is 5.84 Å². The molecule has 0 aromatic carbocycles. The Labute approximate surface area is 97.8 Å². The summed E-state index contributed by atoms with van der Waals surface area (Å²) in [5.41, 5.74) is 5.52. The summed E-state index contributed by atoms with van der Waals surface area (Å²) in [6.45, 7) is 0.306. The quantitative estimate of drug-likeness (QED) is 0.306. The van der Waals surface area contributed by atoms with Crippen molar-refractivity contribution < 1.29 is 18.4 Å². The fraction of sp³-hybridized carbons (Fsp3) is 0.714. The number of hydrogen-bond acceptors (Lipinski definition) is 4. The fourth-order valence-corrected chi connectivity index (χ4v) is 2.58. The van der Waals surface area contributed by atoms with E-state index in [2.05, 4.69) is 4.40 Å². The number of amidine groups is 1. The average Bonchev–Trinajstić information content (AvgIpc) is 2.42. The summed E-state index contributed by atoms with van der Waals surface area (Å²) in [6, 6.07) is -1.49. The molecule has 0 radical (unpaired) electrons. The lowest BCUT2D eigenvalue weighted by Crippen LogP contribution is -2.48. The smallest absolute Gasteiger partial charge is 0.344 e. The van der Waals surface area contributed by atoms with Crippen molar-refractivity contribution in [1.82, 2.24) is 9.96 Å². The highest BCUT2D eigenvalue weighted by Gasteiger charge is 2.45. The van der Waals surface area contributed by atoms with Crippen molar-refractivity contribution >= 4 is 22.1 Å². The number of carbonyl (C=O) groups excluding carboxylic acids is 1. The highest BCUT2D eigenvalue weighted by atomic mass is 32.2. The molecule has 0 saturated carbocycles. The van der Waals surface area contributed by atoms with Crippen LogP contribution in [-0.4, -0.2) is 54.1 Å². The Morgan fingerprint density at radius 3 is 2.71 bits per heavy atom. The van der Waals surface area contributed by atoms with Crippen LogP contribution in [0, 0.1) is 0 Å². The molecule has 9 nitrogen and oxygen atoms in total. The van der Waals surface area contributed by atoms with Crippen LogP contribution in [-0.2, 0) is 10.2 Å². The van der Waals surface area contributed by atoms with Gasteiger partial charge in [0.05, 0.1) is 12.1 Å². The molecule has 0 aromatic heterocycles. The number of hydroxylamine groups is 2. The van der Waals surface area contributed by atoms with Crippen molar-refractivity contribution in [1.29, 1.82) is 0 Å². The Morgan fingerprint density at radius 1 is 1.47 bits per heavy atom.